The zero-order valence-electron chi connectivity index (χ0n) is 19.0. The third kappa shape index (κ3) is 6.15. The van der Waals surface area contributed by atoms with Gasteiger partial charge in [0.25, 0.3) is 10.0 Å². The molecule has 0 aliphatic carbocycles. The molecule has 0 heterocycles. The molecule has 0 aliphatic heterocycles. The van der Waals surface area contributed by atoms with Crippen LogP contribution < -0.4 is 9.04 Å². The molecule has 0 spiro atoms. The van der Waals surface area contributed by atoms with Crippen molar-refractivity contribution in [1.82, 2.24) is 0 Å². The largest absolute Gasteiger partial charge is 0.494 e. The molecule has 0 fully saturated rings. The average molecular weight is 486 g/mol. The highest BCUT2D eigenvalue weighted by Crippen LogP contribution is 2.29. The molecule has 0 atom stereocenters. The van der Waals surface area contributed by atoms with E-state index < -0.39 is 15.9 Å². The first-order valence-electron chi connectivity index (χ1n) is 10.8. The lowest BCUT2D eigenvalue weighted by Crippen LogP contribution is -2.37. The lowest BCUT2D eigenvalue weighted by atomic mass is 10.1. The quantitative estimate of drug-likeness (QED) is 0.343. The summed E-state index contributed by atoms with van der Waals surface area (Å²) in [4.78, 5) is 13.3. The molecule has 3 aromatic carbocycles. The van der Waals surface area contributed by atoms with E-state index in [0.29, 0.717) is 29.3 Å². The number of rotatable bonds is 9. The molecule has 3 rings (SSSR count). The average Bonchev–Trinajstić information content (AvgIpc) is 2.79. The Balaban J connectivity index is 1.80. The number of benzene rings is 3. The summed E-state index contributed by atoms with van der Waals surface area (Å²) in [6, 6.07) is 19.0. The van der Waals surface area contributed by atoms with E-state index in [2.05, 4.69) is 6.92 Å². The molecule has 0 saturated carbocycles. The van der Waals surface area contributed by atoms with Gasteiger partial charge in [-0.1, -0.05) is 42.8 Å². The number of aryl methyl sites for hydroxylation is 3. The van der Waals surface area contributed by atoms with Crippen LogP contribution in [0, 0.1) is 13.8 Å². The second kappa shape index (κ2) is 10.9. The van der Waals surface area contributed by atoms with Crippen LogP contribution in [0.3, 0.4) is 0 Å². The van der Waals surface area contributed by atoms with Crippen molar-refractivity contribution in [2.24, 2.45) is 0 Å². The number of ether oxygens (including phenoxy) is 1. The molecule has 5 nitrogen and oxygen atoms in total. The molecule has 0 saturated heterocycles. The van der Waals surface area contributed by atoms with Crippen molar-refractivity contribution in [3.8, 4) is 5.75 Å². The van der Waals surface area contributed by atoms with Gasteiger partial charge in [0.2, 0.25) is 5.91 Å². The molecule has 33 heavy (non-hydrogen) atoms. The monoisotopic (exact) mass is 485 g/mol. The van der Waals surface area contributed by atoms with E-state index in [1.165, 1.54) is 29.8 Å². The fourth-order valence-electron chi connectivity index (χ4n) is 3.38. The minimum atomic E-state index is -4.12. The Kier molecular flexibility index (Phi) is 8.16. The van der Waals surface area contributed by atoms with Gasteiger partial charge >= 0.3 is 0 Å². The van der Waals surface area contributed by atoms with Crippen LogP contribution in [-0.4, -0.2) is 20.9 Å². The molecule has 0 aromatic heterocycles. The minimum Gasteiger partial charge on any atom is -0.494 e. The van der Waals surface area contributed by atoms with Gasteiger partial charge in [-0.15, -0.1) is 0 Å². The molecule has 0 radical (unpaired) electrons. The highest BCUT2D eigenvalue weighted by molar-refractivity contribution is 7.93. The van der Waals surface area contributed by atoms with Gasteiger partial charge in [-0.25, -0.2) is 12.7 Å². The van der Waals surface area contributed by atoms with Crippen molar-refractivity contribution in [2.45, 2.75) is 44.9 Å². The Bertz CT molecular complexity index is 1210. The fraction of sp³-hybridized carbons (Fsp3) is 0.269. The lowest BCUT2D eigenvalue weighted by Gasteiger charge is -2.25. The van der Waals surface area contributed by atoms with Gasteiger partial charge in [-0.05, 0) is 85.8 Å². The number of halogens is 1. The molecule has 0 unspecified atom stereocenters. The van der Waals surface area contributed by atoms with Gasteiger partial charge in [-0.3, -0.25) is 4.79 Å². The number of amides is 1. The first kappa shape index (κ1) is 24.8. The maximum atomic E-state index is 13.5. The predicted molar refractivity (Wildman–Crippen MR) is 133 cm³/mol. The number of hydrogen-bond donors (Lipinski definition) is 0. The smallest absolute Gasteiger partial charge is 0.270 e. The van der Waals surface area contributed by atoms with Gasteiger partial charge < -0.3 is 4.74 Å². The molecule has 0 N–H and O–H groups in total. The van der Waals surface area contributed by atoms with E-state index in [9.17, 15) is 13.2 Å². The Morgan fingerprint density at radius 1 is 0.970 bits per heavy atom. The number of nitrogens with zero attached hydrogens (tertiary/aromatic N) is 1. The first-order valence-corrected chi connectivity index (χ1v) is 12.7. The van der Waals surface area contributed by atoms with Gasteiger partial charge in [-0.2, -0.15) is 0 Å². The third-order valence-electron chi connectivity index (χ3n) is 5.30. The molecule has 7 heteroatoms. The lowest BCUT2D eigenvalue weighted by molar-refractivity contribution is -0.117. The number of carbonyl (C=O) groups is 1. The Morgan fingerprint density at radius 3 is 2.27 bits per heavy atom. The van der Waals surface area contributed by atoms with Gasteiger partial charge in [0.15, 0.2) is 0 Å². The summed E-state index contributed by atoms with van der Waals surface area (Å²) < 4.78 is 33.6. The van der Waals surface area contributed by atoms with Crippen LogP contribution in [0.25, 0.3) is 0 Å². The number of hydrogen-bond acceptors (Lipinski definition) is 4. The topological polar surface area (TPSA) is 63.7 Å². The van der Waals surface area contributed by atoms with Crippen molar-refractivity contribution in [3.05, 3.63) is 88.4 Å². The summed E-state index contributed by atoms with van der Waals surface area (Å²) in [5.74, 6) is 0.211. The molecular weight excluding hydrogens is 458 g/mol. The zero-order valence-corrected chi connectivity index (χ0v) is 20.6. The Morgan fingerprint density at radius 2 is 1.64 bits per heavy atom. The standard InChI is InChI=1S/C26H28ClNO4S/c1-4-21-9-13-23(14-10-21)32-17-5-6-26(29)28(25-18-19(2)7-8-20(25)3)33(30,31)24-15-11-22(27)12-16-24/h7-16,18H,4-6,17H2,1-3H3. The van der Waals surface area contributed by atoms with E-state index in [1.807, 2.05) is 43.3 Å². The maximum Gasteiger partial charge on any atom is 0.270 e. The van der Waals surface area contributed by atoms with Crippen molar-refractivity contribution < 1.29 is 17.9 Å². The predicted octanol–water partition coefficient (Wildman–Crippen LogP) is 6.10. The SMILES string of the molecule is CCc1ccc(OCCCC(=O)N(c2cc(C)ccc2C)S(=O)(=O)c2ccc(Cl)cc2)cc1. The molecule has 174 valence electrons. The maximum absolute atomic E-state index is 13.5. The number of carbonyl (C=O) groups excluding carboxylic acids is 1. The van der Waals surface area contributed by atoms with Crippen LogP contribution in [0.4, 0.5) is 5.69 Å². The van der Waals surface area contributed by atoms with Crippen LogP contribution in [0.1, 0.15) is 36.5 Å². The number of anilines is 1. The van der Waals surface area contributed by atoms with Crippen LogP contribution >= 0.6 is 11.6 Å². The van der Waals surface area contributed by atoms with Crippen LogP contribution in [-0.2, 0) is 21.2 Å². The second-order valence-corrected chi connectivity index (χ2v) is 10.1. The van der Waals surface area contributed by atoms with Crippen LogP contribution in [0.5, 0.6) is 5.75 Å². The summed E-state index contributed by atoms with van der Waals surface area (Å²) in [5, 5.41) is 0.419. The van der Waals surface area contributed by atoms with Gasteiger partial charge in [0, 0.05) is 11.4 Å². The van der Waals surface area contributed by atoms with Crippen molar-refractivity contribution in [1.29, 1.82) is 0 Å². The van der Waals surface area contributed by atoms with Gasteiger partial charge in [0.05, 0.1) is 17.2 Å². The summed E-state index contributed by atoms with van der Waals surface area (Å²) >= 11 is 5.93. The molecule has 1 amide bonds. The van der Waals surface area contributed by atoms with Crippen LogP contribution in [0.15, 0.2) is 71.6 Å². The molecule has 3 aromatic rings. The normalized spacial score (nSPS) is 11.3. The molecule has 0 aliphatic rings. The van der Waals surface area contributed by atoms with Crippen molar-refractivity contribution >= 4 is 33.2 Å². The highest BCUT2D eigenvalue weighted by atomic mass is 35.5. The second-order valence-electron chi connectivity index (χ2n) is 7.86. The fourth-order valence-corrected chi connectivity index (χ4v) is 5.02. The summed E-state index contributed by atoms with van der Waals surface area (Å²) in [7, 11) is -4.12. The number of sulfonamides is 1. The van der Waals surface area contributed by atoms with Crippen molar-refractivity contribution in [2.75, 3.05) is 10.9 Å². The third-order valence-corrected chi connectivity index (χ3v) is 7.30. The van der Waals surface area contributed by atoms with E-state index >= 15 is 0 Å². The minimum absolute atomic E-state index is 0.00780. The Labute approximate surface area is 201 Å². The zero-order chi connectivity index (χ0) is 24.0. The molecule has 0 bridgehead atoms. The summed E-state index contributed by atoms with van der Waals surface area (Å²) in [6.45, 7) is 6.04. The molecular formula is C26H28ClNO4S. The van der Waals surface area contributed by atoms with E-state index in [-0.39, 0.29) is 11.3 Å². The van der Waals surface area contributed by atoms with Crippen molar-refractivity contribution in [3.63, 3.8) is 0 Å². The summed E-state index contributed by atoms with van der Waals surface area (Å²) in [6.07, 6.45) is 1.35. The first-order chi connectivity index (χ1) is 15.7. The van der Waals surface area contributed by atoms with E-state index in [1.54, 1.807) is 13.0 Å². The van der Waals surface area contributed by atoms with Crippen LogP contribution in [0.2, 0.25) is 5.02 Å². The van der Waals surface area contributed by atoms with E-state index in [4.69, 9.17) is 16.3 Å². The van der Waals surface area contributed by atoms with Gasteiger partial charge in [0.1, 0.15) is 5.75 Å². The highest BCUT2D eigenvalue weighted by Gasteiger charge is 2.31. The Hall–Kier alpha value is -2.83. The van der Waals surface area contributed by atoms with E-state index in [0.717, 1.165) is 22.0 Å². The summed E-state index contributed by atoms with van der Waals surface area (Å²) in [5.41, 5.74) is 3.12.